The van der Waals surface area contributed by atoms with Gasteiger partial charge in [-0.2, -0.15) is 0 Å². The van der Waals surface area contributed by atoms with Gasteiger partial charge >= 0.3 is 5.97 Å². The van der Waals surface area contributed by atoms with Gasteiger partial charge in [-0.1, -0.05) is 0 Å². The molecule has 0 aliphatic heterocycles. The molecule has 16 heavy (non-hydrogen) atoms. The van der Waals surface area contributed by atoms with Crippen molar-refractivity contribution in [3.05, 3.63) is 27.7 Å². The standard InChI is InChI=1S/C9H9F2NO4/c1-15-5-3-4(7(10)11)12-8(13)6(5)9(14)16-2/h3,7H,1-2H3,(H,12,13). The molecule has 1 N–H and O–H groups in total. The second-order valence-electron chi connectivity index (χ2n) is 2.79. The van der Waals surface area contributed by atoms with Crippen molar-refractivity contribution in [3.63, 3.8) is 0 Å². The van der Waals surface area contributed by atoms with Crippen molar-refractivity contribution in [2.45, 2.75) is 6.43 Å². The summed E-state index contributed by atoms with van der Waals surface area (Å²) in [6, 6.07) is 0.887. The Morgan fingerprint density at radius 1 is 1.44 bits per heavy atom. The van der Waals surface area contributed by atoms with E-state index in [9.17, 15) is 18.4 Å². The van der Waals surface area contributed by atoms with Crippen LogP contribution in [0.1, 0.15) is 22.5 Å². The number of halogens is 2. The Morgan fingerprint density at radius 3 is 2.50 bits per heavy atom. The lowest BCUT2D eigenvalue weighted by atomic mass is 10.2. The molecule has 1 aromatic heterocycles. The molecule has 0 saturated heterocycles. The normalized spacial score (nSPS) is 10.3. The van der Waals surface area contributed by atoms with Crippen LogP contribution in [0.2, 0.25) is 0 Å². The highest BCUT2D eigenvalue weighted by Gasteiger charge is 2.21. The molecule has 1 aromatic rings. The number of hydrogen-bond donors (Lipinski definition) is 1. The van der Waals surface area contributed by atoms with Gasteiger partial charge in [-0.05, 0) is 0 Å². The Labute approximate surface area is 89.0 Å². The Hall–Kier alpha value is -1.92. The average molecular weight is 233 g/mol. The fraction of sp³-hybridized carbons (Fsp3) is 0.333. The summed E-state index contributed by atoms with van der Waals surface area (Å²) in [6.45, 7) is 0. The predicted molar refractivity (Wildman–Crippen MR) is 49.9 cm³/mol. The number of aromatic amines is 1. The van der Waals surface area contributed by atoms with Crippen LogP contribution in [0.25, 0.3) is 0 Å². The minimum absolute atomic E-state index is 0.245. The van der Waals surface area contributed by atoms with Gasteiger partial charge in [0.05, 0.1) is 19.9 Å². The van der Waals surface area contributed by atoms with Crippen LogP contribution in [0.3, 0.4) is 0 Å². The van der Waals surface area contributed by atoms with Gasteiger partial charge < -0.3 is 14.5 Å². The van der Waals surface area contributed by atoms with E-state index in [1.807, 2.05) is 4.98 Å². The highest BCUT2D eigenvalue weighted by atomic mass is 19.3. The quantitative estimate of drug-likeness (QED) is 0.794. The van der Waals surface area contributed by atoms with Gasteiger partial charge in [0.25, 0.3) is 12.0 Å². The van der Waals surface area contributed by atoms with Crippen LogP contribution in [0.5, 0.6) is 5.75 Å². The molecule has 0 fully saturated rings. The third-order valence-electron chi connectivity index (χ3n) is 1.86. The molecule has 0 saturated carbocycles. The lowest BCUT2D eigenvalue weighted by Crippen LogP contribution is -2.21. The van der Waals surface area contributed by atoms with Crippen molar-refractivity contribution in [2.75, 3.05) is 14.2 Å². The van der Waals surface area contributed by atoms with Gasteiger partial charge in [-0.15, -0.1) is 0 Å². The first kappa shape index (κ1) is 12.2. The smallest absolute Gasteiger partial charge is 0.347 e. The molecule has 7 heteroatoms. The molecule has 1 heterocycles. The Kier molecular flexibility index (Phi) is 3.60. The molecular formula is C9H9F2NO4. The first-order valence-corrected chi connectivity index (χ1v) is 4.19. The van der Waals surface area contributed by atoms with Gasteiger partial charge in [0.1, 0.15) is 5.75 Å². The molecule has 0 spiro atoms. The van der Waals surface area contributed by atoms with Gasteiger partial charge in [0.2, 0.25) is 0 Å². The van der Waals surface area contributed by atoms with Crippen LogP contribution in [-0.4, -0.2) is 25.2 Å². The molecule has 88 valence electrons. The lowest BCUT2D eigenvalue weighted by Gasteiger charge is -2.07. The van der Waals surface area contributed by atoms with E-state index in [0.29, 0.717) is 0 Å². The monoisotopic (exact) mass is 233 g/mol. The first-order chi connectivity index (χ1) is 7.51. The number of nitrogens with one attached hydrogen (secondary N) is 1. The molecule has 0 aliphatic carbocycles. The first-order valence-electron chi connectivity index (χ1n) is 4.19. The average Bonchev–Trinajstić information content (AvgIpc) is 2.26. The van der Waals surface area contributed by atoms with Crippen LogP contribution in [0, 0.1) is 0 Å². The van der Waals surface area contributed by atoms with E-state index < -0.39 is 29.2 Å². The highest BCUT2D eigenvalue weighted by Crippen LogP contribution is 2.22. The molecule has 0 aromatic carbocycles. The zero-order valence-electron chi connectivity index (χ0n) is 8.54. The zero-order chi connectivity index (χ0) is 12.3. The number of pyridine rings is 1. The van der Waals surface area contributed by atoms with E-state index in [0.717, 1.165) is 20.3 Å². The molecule has 1 rings (SSSR count). The van der Waals surface area contributed by atoms with Crippen LogP contribution in [-0.2, 0) is 4.74 Å². The predicted octanol–water partition coefficient (Wildman–Crippen LogP) is 1.11. The number of H-pyrrole nitrogens is 1. The highest BCUT2D eigenvalue weighted by molar-refractivity contribution is 5.92. The minimum atomic E-state index is -2.85. The summed E-state index contributed by atoms with van der Waals surface area (Å²) >= 11 is 0. The topological polar surface area (TPSA) is 68.4 Å². The zero-order valence-corrected chi connectivity index (χ0v) is 8.54. The molecule has 0 atom stereocenters. The van der Waals surface area contributed by atoms with Gasteiger partial charge in [0.15, 0.2) is 5.56 Å². The third kappa shape index (κ3) is 2.18. The number of carbonyl (C=O) groups excluding carboxylic acids is 1. The van der Waals surface area contributed by atoms with Crippen molar-refractivity contribution in [2.24, 2.45) is 0 Å². The maximum Gasteiger partial charge on any atom is 0.347 e. The third-order valence-corrected chi connectivity index (χ3v) is 1.86. The van der Waals surface area contributed by atoms with E-state index in [1.54, 1.807) is 0 Å². The maximum absolute atomic E-state index is 12.3. The summed E-state index contributed by atoms with van der Waals surface area (Å²) in [5, 5.41) is 0. The largest absolute Gasteiger partial charge is 0.496 e. The van der Waals surface area contributed by atoms with Gasteiger partial charge in [-0.3, -0.25) is 4.79 Å². The Morgan fingerprint density at radius 2 is 2.06 bits per heavy atom. The van der Waals surface area contributed by atoms with Gasteiger partial charge in [-0.25, -0.2) is 13.6 Å². The minimum Gasteiger partial charge on any atom is -0.496 e. The number of rotatable bonds is 3. The second kappa shape index (κ2) is 4.73. The van der Waals surface area contributed by atoms with Crippen molar-refractivity contribution in [3.8, 4) is 5.75 Å². The molecule has 0 aliphatic rings. The second-order valence-corrected chi connectivity index (χ2v) is 2.79. The molecule has 0 unspecified atom stereocenters. The molecule has 0 bridgehead atoms. The van der Waals surface area contributed by atoms with Crippen LogP contribution in [0.4, 0.5) is 8.78 Å². The van der Waals surface area contributed by atoms with Crippen molar-refractivity contribution in [1.82, 2.24) is 4.98 Å². The van der Waals surface area contributed by atoms with Crippen molar-refractivity contribution >= 4 is 5.97 Å². The summed E-state index contributed by atoms with van der Waals surface area (Å²) in [6.07, 6.45) is -2.85. The van der Waals surface area contributed by atoms with Crippen molar-refractivity contribution in [1.29, 1.82) is 0 Å². The summed E-state index contributed by atoms with van der Waals surface area (Å²) in [5.74, 6) is -1.19. The number of aromatic nitrogens is 1. The Balaban J connectivity index is 3.40. The molecule has 0 amide bonds. The molecule has 5 nitrogen and oxygen atoms in total. The number of esters is 1. The molecule has 0 radical (unpaired) electrons. The SMILES string of the molecule is COC(=O)c1c(OC)cc(C(F)F)[nH]c1=O. The number of hydrogen-bond acceptors (Lipinski definition) is 4. The number of ether oxygens (including phenoxy) is 2. The van der Waals surface area contributed by atoms with Crippen LogP contribution in [0.15, 0.2) is 10.9 Å². The van der Waals surface area contributed by atoms with Crippen LogP contribution < -0.4 is 10.3 Å². The number of alkyl halides is 2. The number of carbonyl (C=O) groups is 1. The van der Waals surface area contributed by atoms with E-state index >= 15 is 0 Å². The van der Waals surface area contributed by atoms with E-state index in [-0.39, 0.29) is 5.75 Å². The molecular weight excluding hydrogens is 224 g/mol. The summed E-state index contributed by atoms with van der Waals surface area (Å²) in [4.78, 5) is 24.4. The fourth-order valence-corrected chi connectivity index (χ4v) is 1.13. The van der Waals surface area contributed by atoms with E-state index in [4.69, 9.17) is 0 Å². The van der Waals surface area contributed by atoms with Gasteiger partial charge in [0, 0.05) is 6.07 Å². The number of methoxy groups -OCH3 is 2. The van der Waals surface area contributed by atoms with Crippen molar-refractivity contribution < 1.29 is 23.0 Å². The summed E-state index contributed by atoms with van der Waals surface area (Å²) in [7, 11) is 2.23. The summed E-state index contributed by atoms with van der Waals surface area (Å²) < 4.78 is 33.7. The van der Waals surface area contributed by atoms with E-state index in [2.05, 4.69) is 9.47 Å². The summed E-state index contributed by atoms with van der Waals surface area (Å²) in [5.41, 5.74) is -2.02. The maximum atomic E-state index is 12.3. The van der Waals surface area contributed by atoms with E-state index in [1.165, 1.54) is 0 Å². The van der Waals surface area contributed by atoms with Crippen LogP contribution >= 0.6 is 0 Å². The lowest BCUT2D eigenvalue weighted by molar-refractivity contribution is 0.0594. The Bertz CT molecular complexity index is 455. The fourth-order valence-electron chi connectivity index (χ4n) is 1.13.